The maximum atomic E-state index is 14.0. The number of hydrazone groups is 1. The molecule has 0 N–H and O–H groups in total. The van der Waals surface area contributed by atoms with E-state index in [1.54, 1.807) is 19.2 Å². The summed E-state index contributed by atoms with van der Waals surface area (Å²) in [4.78, 5) is 0. The van der Waals surface area contributed by atoms with E-state index in [0.717, 1.165) is 33.8 Å². The first-order valence-corrected chi connectivity index (χ1v) is 10.4. The molecule has 3 aromatic carbocycles. The van der Waals surface area contributed by atoms with Gasteiger partial charge in [0.15, 0.2) is 5.82 Å². The van der Waals surface area contributed by atoms with Gasteiger partial charge in [0.25, 0.3) is 0 Å². The molecule has 6 heteroatoms. The Bertz CT molecular complexity index is 1260. The molecule has 0 fully saturated rings. The third kappa shape index (κ3) is 3.95. The largest absolute Gasteiger partial charge is 0.497 e. The van der Waals surface area contributed by atoms with Crippen LogP contribution in [-0.4, -0.2) is 23.0 Å². The molecular weight excluding hydrogens is 403 g/mol. The van der Waals surface area contributed by atoms with E-state index in [-0.39, 0.29) is 11.9 Å². The van der Waals surface area contributed by atoms with Gasteiger partial charge in [0, 0.05) is 17.5 Å². The molecular formula is C26H21FN4O. The molecule has 0 bridgehead atoms. The Morgan fingerprint density at radius 1 is 0.844 bits per heavy atom. The van der Waals surface area contributed by atoms with Crippen LogP contribution in [0, 0.1) is 5.82 Å². The summed E-state index contributed by atoms with van der Waals surface area (Å²) in [5.41, 5.74) is 4.46. The molecule has 32 heavy (non-hydrogen) atoms. The fourth-order valence-corrected chi connectivity index (χ4v) is 3.88. The molecule has 5 nitrogen and oxygen atoms in total. The Kier molecular flexibility index (Phi) is 5.34. The Labute approximate surface area is 185 Å². The zero-order valence-corrected chi connectivity index (χ0v) is 17.5. The Hall–Kier alpha value is -4.06. The van der Waals surface area contributed by atoms with Crippen LogP contribution in [0.3, 0.4) is 0 Å². The van der Waals surface area contributed by atoms with Crippen LogP contribution in [0.2, 0.25) is 0 Å². The van der Waals surface area contributed by atoms with Gasteiger partial charge in [0.2, 0.25) is 0 Å². The summed E-state index contributed by atoms with van der Waals surface area (Å²) in [6.45, 7) is 0. The second-order valence-electron chi connectivity index (χ2n) is 7.54. The highest BCUT2D eigenvalue weighted by atomic mass is 19.1. The van der Waals surface area contributed by atoms with E-state index in [9.17, 15) is 4.39 Å². The average Bonchev–Trinajstić information content (AvgIpc) is 3.30. The highest BCUT2D eigenvalue weighted by molar-refractivity contribution is 6.03. The molecule has 1 aromatic heterocycles. The van der Waals surface area contributed by atoms with Gasteiger partial charge in [-0.1, -0.05) is 54.6 Å². The molecule has 1 atom stereocenters. The van der Waals surface area contributed by atoms with E-state index >= 15 is 0 Å². The molecule has 158 valence electrons. The molecule has 0 spiro atoms. The lowest BCUT2D eigenvalue weighted by Crippen LogP contribution is -2.20. The molecule has 1 unspecified atom stereocenters. The lowest BCUT2D eigenvalue weighted by atomic mass is 9.98. The molecule has 4 aromatic rings. The van der Waals surface area contributed by atoms with Crippen LogP contribution >= 0.6 is 0 Å². The monoisotopic (exact) mass is 424 g/mol. The Morgan fingerprint density at radius 3 is 2.41 bits per heavy atom. The number of ether oxygens (including phenoxy) is 1. The van der Waals surface area contributed by atoms with Crippen LogP contribution in [-0.2, 0) is 0 Å². The summed E-state index contributed by atoms with van der Waals surface area (Å²) in [6.07, 6.45) is 0.610. The van der Waals surface area contributed by atoms with Crippen LogP contribution in [0.4, 0.5) is 10.2 Å². The van der Waals surface area contributed by atoms with Crippen molar-refractivity contribution in [2.45, 2.75) is 12.5 Å². The first-order chi connectivity index (χ1) is 15.7. The second-order valence-corrected chi connectivity index (χ2v) is 7.54. The van der Waals surface area contributed by atoms with Crippen molar-refractivity contribution in [3.05, 3.63) is 108 Å². The van der Waals surface area contributed by atoms with Crippen molar-refractivity contribution in [1.29, 1.82) is 0 Å². The molecule has 1 aliphatic heterocycles. The van der Waals surface area contributed by atoms with E-state index in [2.05, 4.69) is 10.2 Å². The van der Waals surface area contributed by atoms with Crippen molar-refractivity contribution in [3.63, 3.8) is 0 Å². The zero-order valence-electron chi connectivity index (χ0n) is 17.5. The van der Waals surface area contributed by atoms with Crippen LogP contribution in [0.1, 0.15) is 23.6 Å². The molecule has 5 rings (SSSR count). The van der Waals surface area contributed by atoms with E-state index in [1.807, 2.05) is 77.8 Å². The fraction of sp³-hybridized carbons (Fsp3) is 0.115. The second kappa shape index (κ2) is 8.59. The lowest BCUT2D eigenvalue weighted by molar-refractivity contribution is 0.414. The van der Waals surface area contributed by atoms with Gasteiger partial charge in [0.05, 0.1) is 24.6 Å². The minimum atomic E-state index is -0.275. The molecule has 0 amide bonds. The molecule has 2 heterocycles. The number of halogens is 1. The number of rotatable bonds is 5. The number of methoxy groups -OCH3 is 1. The summed E-state index contributed by atoms with van der Waals surface area (Å²) >= 11 is 0. The van der Waals surface area contributed by atoms with E-state index < -0.39 is 0 Å². The van der Waals surface area contributed by atoms with Gasteiger partial charge in [-0.2, -0.15) is 5.10 Å². The SMILES string of the molecule is COc1cccc(C2=NN(c3ccc(-c4ccccc4)nn3)C(c3cccc(F)c3)C2)c1. The van der Waals surface area contributed by atoms with Crippen molar-refractivity contribution in [1.82, 2.24) is 10.2 Å². The van der Waals surface area contributed by atoms with Crippen LogP contribution in [0.5, 0.6) is 5.75 Å². The van der Waals surface area contributed by atoms with Crippen molar-refractivity contribution < 1.29 is 9.13 Å². The number of hydrogen-bond acceptors (Lipinski definition) is 5. The lowest BCUT2D eigenvalue weighted by Gasteiger charge is -2.22. The van der Waals surface area contributed by atoms with E-state index in [1.165, 1.54) is 6.07 Å². The third-order valence-electron chi connectivity index (χ3n) is 5.50. The van der Waals surface area contributed by atoms with Crippen LogP contribution in [0.15, 0.2) is 96.1 Å². The van der Waals surface area contributed by atoms with E-state index in [4.69, 9.17) is 9.84 Å². The quantitative estimate of drug-likeness (QED) is 0.416. The van der Waals surface area contributed by atoms with Crippen molar-refractivity contribution in [2.75, 3.05) is 12.1 Å². The van der Waals surface area contributed by atoms with Crippen molar-refractivity contribution in [3.8, 4) is 17.0 Å². The Morgan fingerprint density at radius 2 is 1.66 bits per heavy atom. The summed E-state index contributed by atoms with van der Waals surface area (Å²) in [5.74, 6) is 1.09. The van der Waals surface area contributed by atoms with Gasteiger partial charge in [-0.25, -0.2) is 9.40 Å². The third-order valence-corrected chi connectivity index (χ3v) is 5.50. The number of benzene rings is 3. The van der Waals surface area contributed by atoms with Gasteiger partial charge in [0.1, 0.15) is 11.6 Å². The van der Waals surface area contributed by atoms with E-state index in [0.29, 0.717) is 12.2 Å². The highest BCUT2D eigenvalue weighted by Gasteiger charge is 2.31. The van der Waals surface area contributed by atoms with Crippen molar-refractivity contribution in [2.24, 2.45) is 5.10 Å². The van der Waals surface area contributed by atoms with Crippen molar-refractivity contribution >= 4 is 11.5 Å². The minimum Gasteiger partial charge on any atom is -0.497 e. The number of hydrogen-bond donors (Lipinski definition) is 0. The zero-order chi connectivity index (χ0) is 21.9. The van der Waals surface area contributed by atoms with Gasteiger partial charge in [-0.15, -0.1) is 10.2 Å². The molecule has 1 aliphatic rings. The topological polar surface area (TPSA) is 50.6 Å². The number of anilines is 1. The minimum absolute atomic E-state index is 0.191. The standard InChI is InChI=1S/C26H21FN4O/c1-32-22-12-6-9-19(16-22)24-17-25(20-10-5-11-21(27)15-20)31(30-24)26-14-13-23(28-29-26)18-7-3-2-4-8-18/h2-16,25H,17H2,1H3. The van der Waals surface area contributed by atoms with Gasteiger partial charge >= 0.3 is 0 Å². The van der Waals surface area contributed by atoms with Crippen LogP contribution in [0.25, 0.3) is 11.3 Å². The summed E-state index contributed by atoms with van der Waals surface area (Å²) in [6, 6.07) is 27.9. The van der Waals surface area contributed by atoms with Gasteiger partial charge in [-0.3, -0.25) is 0 Å². The molecule has 0 aliphatic carbocycles. The average molecular weight is 424 g/mol. The number of aromatic nitrogens is 2. The summed E-state index contributed by atoms with van der Waals surface area (Å²) in [5, 5.41) is 15.5. The predicted molar refractivity (Wildman–Crippen MR) is 123 cm³/mol. The summed E-state index contributed by atoms with van der Waals surface area (Å²) in [7, 11) is 1.64. The highest BCUT2D eigenvalue weighted by Crippen LogP contribution is 2.36. The van der Waals surface area contributed by atoms with Crippen LogP contribution < -0.4 is 9.75 Å². The first-order valence-electron chi connectivity index (χ1n) is 10.4. The molecule has 0 saturated heterocycles. The Balaban J connectivity index is 1.53. The maximum absolute atomic E-state index is 14.0. The predicted octanol–water partition coefficient (Wildman–Crippen LogP) is 5.65. The number of nitrogens with zero attached hydrogens (tertiary/aromatic N) is 4. The summed E-state index contributed by atoms with van der Waals surface area (Å²) < 4.78 is 19.4. The fourth-order valence-electron chi connectivity index (χ4n) is 3.88. The molecule has 0 radical (unpaired) electrons. The first kappa shape index (κ1) is 19.9. The van der Waals surface area contributed by atoms with Gasteiger partial charge in [-0.05, 0) is 42.0 Å². The van der Waals surface area contributed by atoms with Gasteiger partial charge < -0.3 is 4.74 Å². The molecule has 0 saturated carbocycles. The smallest absolute Gasteiger partial charge is 0.172 e. The maximum Gasteiger partial charge on any atom is 0.172 e. The normalized spacial score (nSPS) is 15.5.